The normalized spacial score (nSPS) is 14.2. The Morgan fingerprint density at radius 1 is 1.30 bits per heavy atom. The van der Waals surface area contributed by atoms with Crippen molar-refractivity contribution < 1.29 is 22.8 Å². The molecule has 0 aromatic heterocycles. The topological polar surface area (TPSA) is 49.4 Å². The molecule has 2 rings (SSSR count). The van der Waals surface area contributed by atoms with Crippen molar-refractivity contribution in [1.82, 2.24) is 0 Å². The molecule has 20 heavy (non-hydrogen) atoms. The van der Waals surface area contributed by atoms with Gasteiger partial charge in [0.15, 0.2) is 0 Å². The van der Waals surface area contributed by atoms with Crippen LogP contribution >= 0.6 is 15.9 Å². The van der Waals surface area contributed by atoms with Crippen molar-refractivity contribution in [3.8, 4) is 0 Å². The number of hydrogen-bond donors (Lipinski definition) is 1. The number of nitrogens with zero attached hydrogens (tertiary/aromatic N) is 1. The second kappa shape index (κ2) is 5.08. The van der Waals surface area contributed by atoms with Gasteiger partial charge in [0.25, 0.3) is 11.7 Å². The molecule has 1 N–H and O–H groups in total. The summed E-state index contributed by atoms with van der Waals surface area (Å²) in [6.07, 6.45) is -5.18. The fraction of sp³-hybridized carbons (Fsp3) is 0.333. The van der Waals surface area contributed by atoms with Crippen molar-refractivity contribution in [2.75, 3.05) is 23.8 Å². The third-order valence-corrected chi connectivity index (χ3v) is 3.56. The van der Waals surface area contributed by atoms with Crippen molar-refractivity contribution in [2.45, 2.75) is 12.6 Å². The molecule has 1 aromatic rings. The molecule has 0 spiro atoms. The Morgan fingerprint density at radius 3 is 2.55 bits per heavy atom. The van der Waals surface area contributed by atoms with Crippen LogP contribution in [-0.4, -0.2) is 31.5 Å². The van der Waals surface area contributed by atoms with Gasteiger partial charge in [-0.2, -0.15) is 13.2 Å². The zero-order valence-electron chi connectivity index (χ0n) is 10.3. The van der Waals surface area contributed by atoms with Gasteiger partial charge in [0.05, 0.1) is 23.4 Å². The monoisotopic (exact) mass is 350 g/mol. The van der Waals surface area contributed by atoms with Crippen LogP contribution in [0.1, 0.15) is 16.8 Å². The molecule has 0 unspecified atom stereocenters. The van der Waals surface area contributed by atoms with Gasteiger partial charge < -0.3 is 10.2 Å². The SMILES string of the molecule is CN(CCC(F)(F)F)c1cc2c(cc1Br)C(=O)C(=O)N2. The van der Waals surface area contributed by atoms with E-state index in [1.165, 1.54) is 24.1 Å². The quantitative estimate of drug-likeness (QED) is 0.852. The van der Waals surface area contributed by atoms with Crippen LogP contribution in [-0.2, 0) is 4.79 Å². The number of ketones is 1. The molecule has 0 fully saturated rings. The maximum atomic E-state index is 12.2. The predicted molar refractivity (Wildman–Crippen MR) is 71.0 cm³/mol. The summed E-state index contributed by atoms with van der Waals surface area (Å²) in [5.74, 6) is -1.38. The smallest absolute Gasteiger partial charge is 0.373 e. The van der Waals surface area contributed by atoms with Crippen molar-refractivity contribution in [2.24, 2.45) is 0 Å². The van der Waals surface area contributed by atoms with Gasteiger partial charge in [0.2, 0.25) is 0 Å². The Kier molecular flexibility index (Phi) is 3.77. The summed E-state index contributed by atoms with van der Waals surface area (Å²) in [7, 11) is 1.51. The lowest BCUT2D eigenvalue weighted by Crippen LogP contribution is -2.24. The molecule has 0 radical (unpaired) electrons. The summed E-state index contributed by atoms with van der Waals surface area (Å²) in [5.41, 5.74) is 1.01. The molecular weight excluding hydrogens is 341 g/mol. The van der Waals surface area contributed by atoms with E-state index in [1.807, 2.05) is 0 Å². The number of anilines is 2. The van der Waals surface area contributed by atoms with Crippen molar-refractivity contribution in [3.63, 3.8) is 0 Å². The van der Waals surface area contributed by atoms with Crippen LogP contribution < -0.4 is 10.2 Å². The van der Waals surface area contributed by atoms with E-state index in [1.54, 1.807) is 0 Å². The van der Waals surface area contributed by atoms with Crippen molar-refractivity contribution in [1.29, 1.82) is 0 Å². The fourth-order valence-electron chi connectivity index (χ4n) is 1.86. The number of Topliss-reactive ketones (excluding diaryl/α,β-unsaturated/α-hetero) is 1. The lowest BCUT2D eigenvalue weighted by molar-refractivity contribution is -0.132. The fourth-order valence-corrected chi connectivity index (χ4v) is 2.51. The van der Waals surface area contributed by atoms with Crippen LogP contribution in [0.25, 0.3) is 0 Å². The van der Waals surface area contributed by atoms with Crippen molar-refractivity contribution in [3.05, 3.63) is 22.2 Å². The van der Waals surface area contributed by atoms with Gasteiger partial charge in [0, 0.05) is 18.1 Å². The summed E-state index contributed by atoms with van der Waals surface area (Å²) in [6, 6.07) is 2.92. The second-order valence-corrected chi connectivity index (χ2v) is 5.27. The molecule has 0 aliphatic carbocycles. The van der Waals surface area contributed by atoms with E-state index in [4.69, 9.17) is 0 Å². The highest BCUT2D eigenvalue weighted by Gasteiger charge is 2.30. The zero-order chi connectivity index (χ0) is 15.1. The number of carbonyl (C=O) groups excluding carboxylic acids is 2. The van der Waals surface area contributed by atoms with Crippen LogP contribution in [0.5, 0.6) is 0 Å². The summed E-state index contributed by atoms with van der Waals surface area (Å²) in [5, 5.41) is 2.38. The van der Waals surface area contributed by atoms with E-state index in [-0.39, 0.29) is 12.1 Å². The molecule has 1 amide bonds. The maximum Gasteiger partial charge on any atom is 0.390 e. The zero-order valence-corrected chi connectivity index (χ0v) is 11.9. The third-order valence-electron chi connectivity index (χ3n) is 2.93. The molecule has 1 heterocycles. The van der Waals surface area contributed by atoms with Gasteiger partial charge in [-0.15, -0.1) is 0 Å². The van der Waals surface area contributed by atoms with E-state index in [0.29, 0.717) is 15.8 Å². The summed E-state index contributed by atoms with van der Waals surface area (Å²) < 4.78 is 37.1. The van der Waals surface area contributed by atoms with Gasteiger partial charge in [-0.3, -0.25) is 9.59 Å². The molecule has 1 aromatic carbocycles. The first kappa shape index (κ1) is 14.8. The minimum atomic E-state index is -4.23. The van der Waals surface area contributed by atoms with E-state index >= 15 is 0 Å². The number of fused-ring (bicyclic) bond motifs is 1. The highest BCUT2D eigenvalue weighted by Crippen LogP contribution is 2.35. The highest BCUT2D eigenvalue weighted by molar-refractivity contribution is 9.10. The van der Waals surface area contributed by atoms with Gasteiger partial charge >= 0.3 is 6.18 Å². The number of hydrogen-bond acceptors (Lipinski definition) is 3. The second-order valence-electron chi connectivity index (χ2n) is 4.42. The van der Waals surface area contributed by atoms with Crippen LogP contribution in [0.3, 0.4) is 0 Å². The van der Waals surface area contributed by atoms with Crippen molar-refractivity contribution >= 4 is 39.0 Å². The van der Waals surface area contributed by atoms with E-state index in [0.717, 1.165) is 0 Å². The first-order valence-electron chi connectivity index (χ1n) is 5.66. The number of amides is 1. The minimum absolute atomic E-state index is 0.217. The molecule has 0 bridgehead atoms. The van der Waals surface area contributed by atoms with Gasteiger partial charge in [-0.05, 0) is 28.1 Å². The van der Waals surface area contributed by atoms with Gasteiger partial charge in [-0.1, -0.05) is 0 Å². The Labute approximate surface area is 121 Å². The first-order chi connectivity index (χ1) is 9.19. The van der Waals surface area contributed by atoms with Crippen LogP contribution in [0, 0.1) is 0 Å². The molecule has 1 aliphatic rings. The molecular formula is C12H10BrF3N2O2. The molecule has 0 atom stereocenters. The lowest BCUT2D eigenvalue weighted by atomic mass is 10.1. The van der Waals surface area contributed by atoms with E-state index in [2.05, 4.69) is 21.2 Å². The Bertz CT molecular complexity index is 587. The average molecular weight is 351 g/mol. The van der Waals surface area contributed by atoms with E-state index < -0.39 is 24.3 Å². The number of carbonyl (C=O) groups is 2. The van der Waals surface area contributed by atoms with E-state index in [9.17, 15) is 22.8 Å². The Hall–Kier alpha value is -1.57. The van der Waals surface area contributed by atoms with Gasteiger partial charge in [-0.25, -0.2) is 0 Å². The molecule has 1 aliphatic heterocycles. The van der Waals surface area contributed by atoms with Gasteiger partial charge in [0.1, 0.15) is 0 Å². The molecule has 0 saturated heterocycles. The Balaban J connectivity index is 2.24. The average Bonchev–Trinajstić information content (AvgIpc) is 2.61. The number of nitrogens with one attached hydrogen (secondary N) is 1. The van der Waals surface area contributed by atoms with Crippen LogP contribution in [0.4, 0.5) is 24.5 Å². The predicted octanol–water partition coefficient (Wildman–Crippen LogP) is 2.97. The summed E-state index contributed by atoms with van der Waals surface area (Å²) in [4.78, 5) is 24.1. The minimum Gasteiger partial charge on any atom is -0.373 e. The Morgan fingerprint density at radius 2 is 1.95 bits per heavy atom. The molecule has 4 nitrogen and oxygen atoms in total. The standard InChI is InChI=1S/C12H10BrF3N2O2/c1-18(3-2-12(14,15)16)9-5-8-6(4-7(9)13)10(19)11(20)17-8/h4-5H,2-3H2,1H3,(H,17,19,20). The lowest BCUT2D eigenvalue weighted by Gasteiger charge is -2.22. The number of rotatable bonds is 3. The highest BCUT2D eigenvalue weighted by atomic mass is 79.9. The molecule has 8 heteroatoms. The number of benzene rings is 1. The number of halogens is 4. The largest absolute Gasteiger partial charge is 0.390 e. The number of alkyl halides is 3. The third kappa shape index (κ3) is 2.95. The van der Waals surface area contributed by atoms with Crippen LogP contribution in [0.2, 0.25) is 0 Å². The van der Waals surface area contributed by atoms with Crippen LogP contribution in [0.15, 0.2) is 16.6 Å². The summed E-state index contributed by atoms with van der Waals surface area (Å²) >= 11 is 3.20. The molecule has 108 valence electrons. The molecule has 0 saturated carbocycles. The maximum absolute atomic E-state index is 12.2. The summed E-state index contributed by atoms with van der Waals surface area (Å²) in [6.45, 7) is -0.219. The first-order valence-corrected chi connectivity index (χ1v) is 6.45.